The van der Waals surface area contributed by atoms with Gasteiger partial charge in [-0.25, -0.2) is 0 Å². The molecule has 2 fully saturated rings. The van der Waals surface area contributed by atoms with E-state index < -0.39 is 11.5 Å². The molecule has 0 bridgehead atoms. The number of Topliss-reactive ketones (excluding diaryl/α,β-unsaturated/α-hetero) is 1. The standard InChI is InChI=1S/C25H28ClNO3/c1-15-13-16(2)21(17(3)14-15)22-23(28)25(11-9-20(30-4)10-12-25)27(24(22)29)19-7-5-18(26)6-8-19/h5-8,13-14,20,22H,9-12H2,1-4H3. The SMILES string of the molecule is COC1CCC2(CC1)C(=O)C(c1c(C)cc(C)cc1C)C(=O)N2c1ccc(Cl)cc1. The van der Waals surface area contributed by atoms with Gasteiger partial charge in [0.05, 0.1) is 6.10 Å². The Labute approximate surface area is 183 Å². The molecule has 1 saturated carbocycles. The van der Waals surface area contributed by atoms with Crippen molar-refractivity contribution in [3.63, 3.8) is 0 Å². The minimum absolute atomic E-state index is 0.0204. The minimum Gasteiger partial charge on any atom is -0.381 e. The van der Waals surface area contributed by atoms with Crippen molar-refractivity contribution in [2.45, 2.75) is 64.0 Å². The quantitative estimate of drug-likeness (QED) is 0.627. The number of methoxy groups -OCH3 is 1. The Hall–Kier alpha value is -2.17. The lowest BCUT2D eigenvalue weighted by atomic mass is 9.74. The Morgan fingerprint density at radius 2 is 1.57 bits per heavy atom. The van der Waals surface area contributed by atoms with E-state index >= 15 is 0 Å². The number of ether oxygens (including phenoxy) is 1. The molecule has 2 aromatic carbocycles. The highest BCUT2D eigenvalue weighted by Gasteiger charge is 2.60. The second-order valence-electron chi connectivity index (χ2n) is 8.73. The molecule has 1 unspecified atom stereocenters. The van der Waals surface area contributed by atoms with Crippen LogP contribution >= 0.6 is 11.6 Å². The van der Waals surface area contributed by atoms with Crippen LogP contribution in [0.2, 0.25) is 5.02 Å². The van der Waals surface area contributed by atoms with Gasteiger partial charge in [0.25, 0.3) is 0 Å². The van der Waals surface area contributed by atoms with Gasteiger partial charge in [0.2, 0.25) is 5.91 Å². The predicted molar refractivity (Wildman–Crippen MR) is 119 cm³/mol. The number of amides is 1. The molecule has 158 valence electrons. The number of aryl methyl sites for hydroxylation is 3. The number of carbonyl (C=O) groups is 2. The first-order chi connectivity index (χ1) is 14.3. The average Bonchev–Trinajstić information content (AvgIpc) is 2.90. The van der Waals surface area contributed by atoms with Crippen molar-refractivity contribution in [3.8, 4) is 0 Å². The zero-order chi connectivity index (χ0) is 21.6. The molecule has 0 aromatic heterocycles. The molecule has 1 amide bonds. The number of anilines is 1. The van der Waals surface area contributed by atoms with Gasteiger partial charge < -0.3 is 4.74 Å². The second kappa shape index (κ2) is 7.82. The van der Waals surface area contributed by atoms with E-state index in [0.717, 1.165) is 40.8 Å². The summed E-state index contributed by atoms with van der Waals surface area (Å²) in [5.74, 6) is -0.874. The number of rotatable bonds is 3. The molecule has 1 aliphatic heterocycles. The first-order valence-electron chi connectivity index (χ1n) is 10.5. The van der Waals surface area contributed by atoms with Gasteiger partial charge in [0.15, 0.2) is 5.78 Å². The van der Waals surface area contributed by atoms with E-state index in [4.69, 9.17) is 16.3 Å². The van der Waals surface area contributed by atoms with Crippen LogP contribution in [0.4, 0.5) is 5.69 Å². The number of benzene rings is 2. The Balaban J connectivity index is 1.85. The van der Waals surface area contributed by atoms with Gasteiger partial charge in [-0.05, 0) is 87.4 Å². The molecule has 0 radical (unpaired) electrons. The summed E-state index contributed by atoms with van der Waals surface area (Å²) < 4.78 is 5.54. The van der Waals surface area contributed by atoms with Crippen LogP contribution in [-0.2, 0) is 14.3 Å². The number of halogens is 1. The van der Waals surface area contributed by atoms with Crippen LogP contribution in [0.25, 0.3) is 0 Å². The third-order valence-electron chi connectivity index (χ3n) is 6.82. The topological polar surface area (TPSA) is 46.6 Å². The first kappa shape index (κ1) is 21.1. The number of hydrogen-bond acceptors (Lipinski definition) is 3. The molecule has 1 saturated heterocycles. The minimum atomic E-state index is -0.825. The predicted octanol–water partition coefficient (Wildman–Crippen LogP) is 5.29. The Morgan fingerprint density at radius 1 is 1.00 bits per heavy atom. The van der Waals surface area contributed by atoms with Crippen molar-refractivity contribution in [2.24, 2.45) is 0 Å². The second-order valence-corrected chi connectivity index (χ2v) is 9.16. The van der Waals surface area contributed by atoms with E-state index in [2.05, 4.69) is 12.1 Å². The maximum atomic E-state index is 14.0. The van der Waals surface area contributed by atoms with Crippen molar-refractivity contribution in [1.29, 1.82) is 0 Å². The van der Waals surface area contributed by atoms with Crippen molar-refractivity contribution < 1.29 is 14.3 Å². The Morgan fingerprint density at radius 3 is 2.10 bits per heavy atom. The first-order valence-corrected chi connectivity index (χ1v) is 10.9. The molecule has 1 spiro atoms. The molecule has 1 aliphatic carbocycles. The third-order valence-corrected chi connectivity index (χ3v) is 7.07. The van der Waals surface area contributed by atoms with E-state index in [9.17, 15) is 9.59 Å². The van der Waals surface area contributed by atoms with E-state index in [0.29, 0.717) is 17.9 Å². The maximum absolute atomic E-state index is 14.0. The lowest BCUT2D eigenvalue weighted by Gasteiger charge is -2.41. The van der Waals surface area contributed by atoms with Crippen molar-refractivity contribution in [1.82, 2.24) is 0 Å². The van der Waals surface area contributed by atoms with Gasteiger partial charge in [-0.3, -0.25) is 14.5 Å². The van der Waals surface area contributed by atoms with Crippen LogP contribution in [0.15, 0.2) is 36.4 Å². The number of nitrogens with zero attached hydrogens (tertiary/aromatic N) is 1. The number of ketones is 1. The van der Waals surface area contributed by atoms with Gasteiger partial charge in [-0.1, -0.05) is 29.3 Å². The molecule has 4 nitrogen and oxygen atoms in total. The van der Waals surface area contributed by atoms with Gasteiger partial charge in [0.1, 0.15) is 11.5 Å². The van der Waals surface area contributed by atoms with E-state index in [1.165, 1.54) is 0 Å². The normalized spacial score (nSPS) is 26.6. The highest BCUT2D eigenvalue weighted by molar-refractivity contribution is 6.31. The van der Waals surface area contributed by atoms with Crippen LogP contribution in [0, 0.1) is 20.8 Å². The van der Waals surface area contributed by atoms with Crippen molar-refractivity contribution in [2.75, 3.05) is 12.0 Å². The van der Waals surface area contributed by atoms with Crippen LogP contribution in [0.3, 0.4) is 0 Å². The average molecular weight is 426 g/mol. The highest BCUT2D eigenvalue weighted by Crippen LogP contribution is 2.49. The zero-order valence-electron chi connectivity index (χ0n) is 18.0. The third kappa shape index (κ3) is 3.27. The molecule has 1 heterocycles. The van der Waals surface area contributed by atoms with Crippen LogP contribution in [0.1, 0.15) is 53.9 Å². The summed E-state index contributed by atoms with van der Waals surface area (Å²) in [6.07, 6.45) is 2.88. The lowest BCUT2D eigenvalue weighted by Crippen LogP contribution is -2.53. The van der Waals surface area contributed by atoms with E-state index in [-0.39, 0.29) is 17.8 Å². The summed E-state index contributed by atoms with van der Waals surface area (Å²) in [5, 5.41) is 0.607. The Bertz CT molecular complexity index is 967. The largest absolute Gasteiger partial charge is 0.381 e. The molecule has 5 heteroatoms. The monoisotopic (exact) mass is 425 g/mol. The maximum Gasteiger partial charge on any atom is 0.243 e. The fraction of sp³-hybridized carbons (Fsp3) is 0.440. The molecular formula is C25H28ClNO3. The molecule has 2 aromatic rings. The fourth-order valence-corrected chi connectivity index (χ4v) is 5.60. The molecule has 2 aliphatic rings. The molecular weight excluding hydrogens is 398 g/mol. The van der Waals surface area contributed by atoms with Gasteiger partial charge in [-0.15, -0.1) is 0 Å². The van der Waals surface area contributed by atoms with Crippen molar-refractivity contribution >= 4 is 29.0 Å². The summed E-state index contributed by atoms with van der Waals surface area (Å²) in [6, 6.07) is 11.4. The summed E-state index contributed by atoms with van der Waals surface area (Å²) in [5.41, 5.74) is 3.90. The fourth-order valence-electron chi connectivity index (χ4n) is 5.47. The summed E-state index contributed by atoms with van der Waals surface area (Å²) in [7, 11) is 1.71. The van der Waals surface area contributed by atoms with Crippen molar-refractivity contribution in [3.05, 3.63) is 63.7 Å². The summed E-state index contributed by atoms with van der Waals surface area (Å²) in [4.78, 5) is 29.6. The Kier molecular flexibility index (Phi) is 5.50. The van der Waals surface area contributed by atoms with Crippen LogP contribution in [-0.4, -0.2) is 30.4 Å². The number of carbonyl (C=O) groups excluding carboxylic acids is 2. The number of hydrogen-bond donors (Lipinski definition) is 0. The molecule has 30 heavy (non-hydrogen) atoms. The zero-order valence-corrected chi connectivity index (χ0v) is 18.8. The lowest BCUT2D eigenvalue weighted by molar-refractivity contribution is -0.126. The van der Waals surface area contributed by atoms with Gasteiger partial charge in [0, 0.05) is 17.8 Å². The molecule has 4 rings (SSSR count). The van der Waals surface area contributed by atoms with Crippen LogP contribution in [0.5, 0.6) is 0 Å². The smallest absolute Gasteiger partial charge is 0.243 e. The van der Waals surface area contributed by atoms with E-state index in [1.54, 1.807) is 24.1 Å². The summed E-state index contributed by atoms with van der Waals surface area (Å²) in [6.45, 7) is 6.03. The molecule has 1 atom stereocenters. The molecule has 0 N–H and O–H groups in total. The van der Waals surface area contributed by atoms with Gasteiger partial charge >= 0.3 is 0 Å². The van der Waals surface area contributed by atoms with Crippen LogP contribution < -0.4 is 4.90 Å². The summed E-state index contributed by atoms with van der Waals surface area (Å²) >= 11 is 6.09. The highest BCUT2D eigenvalue weighted by atomic mass is 35.5. The van der Waals surface area contributed by atoms with Gasteiger partial charge in [-0.2, -0.15) is 0 Å². The van der Waals surface area contributed by atoms with E-state index in [1.807, 2.05) is 32.9 Å².